The lowest BCUT2D eigenvalue weighted by Crippen LogP contribution is -2.84. The van der Waals surface area contributed by atoms with E-state index in [0.717, 1.165) is 89.8 Å². The monoisotopic (exact) mass is 470 g/mol. The van der Waals surface area contributed by atoms with Gasteiger partial charge in [-0.15, -0.1) is 0 Å². The van der Waals surface area contributed by atoms with Crippen LogP contribution in [0.5, 0.6) is 0 Å². The molecular weight excluding hydrogens is 428 g/mol. The fourth-order valence-electron chi connectivity index (χ4n) is 6.91. The highest BCUT2D eigenvalue weighted by Crippen LogP contribution is 2.51. The van der Waals surface area contributed by atoms with Gasteiger partial charge in [0, 0.05) is 88.9 Å². The predicted molar refractivity (Wildman–Crippen MR) is 126 cm³/mol. The van der Waals surface area contributed by atoms with E-state index in [1.165, 1.54) is 0 Å². The Balaban J connectivity index is 1.65. The van der Waals surface area contributed by atoms with Crippen molar-refractivity contribution in [2.45, 2.75) is 37.3 Å². The number of hydrazine groups is 1. The molecule has 0 aliphatic carbocycles. The van der Waals surface area contributed by atoms with Crippen LogP contribution in [0.25, 0.3) is 0 Å². The van der Waals surface area contributed by atoms with Gasteiger partial charge in [-0.25, -0.2) is 10.0 Å². The average molecular weight is 471 g/mol. The smallest absolute Gasteiger partial charge is 0.188 e. The first-order valence-corrected chi connectivity index (χ1v) is 13.8. The second kappa shape index (κ2) is 9.93. The molecular formula is C22H42N6O3S. The number of aliphatic hydroxyl groups is 2. The van der Waals surface area contributed by atoms with Crippen molar-refractivity contribution < 1.29 is 14.9 Å². The van der Waals surface area contributed by atoms with Gasteiger partial charge in [0.1, 0.15) is 0 Å². The van der Waals surface area contributed by atoms with Crippen molar-refractivity contribution in [2.75, 3.05) is 96.8 Å². The third-order valence-electron chi connectivity index (χ3n) is 8.36. The molecule has 10 heteroatoms. The summed E-state index contributed by atoms with van der Waals surface area (Å²) in [5.41, 5.74) is -1.00. The molecule has 4 unspecified atom stereocenters. The van der Waals surface area contributed by atoms with E-state index in [4.69, 9.17) is 4.74 Å². The molecule has 4 atom stereocenters. The van der Waals surface area contributed by atoms with Crippen LogP contribution >= 0.6 is 11.8 Å². The molecule has 0 aromatic carbocycles. The highest BCUT2D eigenvalue weighted by Gasteiger charge is 2.72. The molecule has 0 saturated carbocycles. The molecule has 0 amide bonds. The second-order valence-corrected chi connectivity index (χ2v) is 11.1. The Morgan fingerprint density at radius 1 is 0.969 bits per heavy atom. The van der Waals surface area contributed by atoms with E-state index in [9.17, 15) is 10.2 Å². The van der Waals surface area contributed by atoms with E-state index in [0.29, 0.717) is 13.2 Å². The van der Waals surface area contributed by atoms with Gasteiger partial charge in [0.15, 0.2) is 11.5 Å². The van der Waals surface area contributed by atoms with Gasteiger partial charge in [-0.2, -0.15) is 11.8 Å². The maximum Gasteiger partial charge on any atom is 0.188 e. The first-order chi connectivity index (χ1) is 15.6. The zero-order valence-electron chi connectivity index (χ0n) is 19.6. The summed E-state index contributed by atoms with van der Waals surface area (Å²) in [4.78, 5) is 7.49. The van der Waals surface area contributed by atoms with Crippen molar-refractivity contribution >= 4 is 11.8 Å². The van der Waals surface area contributed by atoms with Gasteiger partial charge in [-0.3, -0.25) is 14.7 Å². The predicted octanol–water partition coefficient (Wildman–Crippen LogP) is -1.06. The number of morpholine rings is 1. The number of hydrogen-bond acceptors (Lipinski definition) is 10. The molecule has 5 rings (SSSR count). The third-order valence-corrected chi connectivity index (χ3v) is 9.30. The van der Waals surface area contributed by atoms with Crippen molar-refractivity contribution in [3.8, 4) is 0 Å². The molecule has 5 aliphatic heterocycles. The molecule has 32 heavy (non-hydrogen) atoms. The van der Waals surface area contributed by atoms with Crippen LogP contribution in [-0.4, -0.2) is 149 Å². The molecule has 0 spiro atoms. The highest BCUT2D eigenvalue weighted by atomic mass is 32.2. The molecule has 0 aromatic heterocycles. The largest absolute Gasteiger partial charge is 0.395 e. The topological polar surface area (TPSA) is 77.9 Å². The van der Waals surface area contributed by atoms with Crippen LogP contribution in [0, 0.1) is 5.92 Å². The Labute approximate surface area is 197 Å². The Morgan fingerprint density at radius 2 is 1.66 bits per heavy atom. The molecule has 184 valence electrons. The molecule has 5 heterocycles. The van der Waals surface area contributed by atoms with Gasteiger partial charge in [-0.1, -0.05) is 6.92 Å². The number of thioether (sulfide) groups is 1. The van der Waals surface area contributed by atoms with Crippen molar-refractivity contribution in [3.05, 3.63) is 0 Å². The van der Waals surface area contributed by atoms with E-state index < -0.39 is 11.5 Å². The molecule has 0 radical (unpaired) electrons. The zero-order chi connectivity index (χ0) is 22.2. The SMILES string of the molecule is CC1CN(N2CCCC2CO)C(N2CCOCC2)(N2CCSCC2)C1(O)N1CCNCC1. The lowest BCUT2D eigenvalue weighted by atomic mass is 9.89. The fourth-order valence-corrected chi connectivity index (χ4v) is 7.82. The van der Waals surface area contributed by atoms with Crippen LogP contribution in [-0.2, 0) is 4.74 Å². The normalized spacial score (nSPS) is 42.1. The lowest BCUT2D eigenvalue weighted by molar-refractivity contribution is -0.336. The summed E-state index contributed by atoms with van der Waals surface area (Å²) in [5.74, 6) is 1.62. The van der Waals surface area contributed by atoms with Crippen molar-refractivity contribution in [1.82, 2.24) is 30.0 Å². The zero-order valence-corrected chi connectivity index (χ0v) is 20.4. The molecule has 3 N–H and O–H groups in total. The number of piperazine rings is 1. The molecule has 5 saturated heterocycles. The van der Waals surface area contributed by atoms with Crippen LogP contribution in [0.2, 0.25) is 0 Å². The van der Waals surface area contributed by atoms with Gasteiger partial charge in [0.05, 0.1) is 19.8 Å². The number of aliphatic hydroxyl groups excluding tert-OH is 1. The van der Waals surface area contributed by atoms with Crippen LogP contribution < -0.4 is 5.32 Å². The van der Waals surface area contributed by atoms with E-state index in [2.05, 4.69) is 37.0 Å². The highest BCUT2D eigenvalue weighted by molar-refractivity contribution is 7.99. The minimum Gasteiger partial charge on any atom is -0.395 e. The summed E-state index contributed by atoms with van der Waals surface area (Å²) in [6.07, 6.45) is 2.11. The maximum atomic E-state index is 13.0. The minimum absolute atomic E-state index is 0.0815. The van der Waals surface area contributed by atoms with Crippen LogP contribution in [0.3, 0.4) is 0 Å². The van der Waals surface area contributed by atoms with Crippen molar-refractivity contribution in [1.29, 1.82) is 0 Å². The summed E-state index contributed by atoms with van der Waals surface area (Å²) in [7, 11) is 0. The van der Waals surface area contributed by atoms with E-state index in [1.807, 2.05) is 11.8 Å². The Hall–Kier alpha value is -0.0100. The Morgan fingerprint density at radius 3 is 2.34 bits per heavy atom. The first-order valence-electron chi connectivity index (χ1n) is 12.6. The van der Waals surface area contributed by atoms with E-state index in [1.54, 1.807) is 0 Å². The summed E-state index contributed by atoms with van der Waals surface area (Å²) in [6.45, 7) is 12.7. The Kier molecular flexibility index (Phi) is 7.36. The van der Waals surface area contributed by atoms with Gasteiger partial charge in [0.25, 0.3) is 0 Å². The minimum atomic E-state index is -1.00. The fraction of sp³-hybridized carbons (Fsp3) is 1.00. The number of rotatable bonds is 5. The quantitative estimate of drug-likeness (QED) is 0.463. The second-order valence-electron chi connectivity index (χ2n) is 9.92. The van der Waals surface area contributed by atoms with Crippen LogP contribution in [0.4, 0.5) is 0 Å². The molecule has 5 fully saturated rings. The summed E-state index contributed by atoms with van der Waals surface area (Å²) in [5, 5.41) is 31.7. The molecule has 5 aliphatic rings. The molecule has 9 nitrogen and oxygen atoms in total. The van der Waals surface area contributed by atoms with Crippen molar-refractivity contribution in [3.63, 3.8) is 0 Å². The van der Waals surface area contributed by atoms with Crippen molar-refractivity contribution in [2.24, 2.45) is 5.92 Å². The van der Waals surface area contributed by atoms with Gasteiger partial charge in [0.2, 0.25) is 0 Å². The molecule has 0 aromatic rings. The number of nitrogens with one attached hydrogen (secondary N) is 1. The maximum absolute atomic E-state index is 13.0. The Bertz CT molecular complexity index is 611. The summed E-state index contributed by atoms with van der Waals surface area (Å²) < 4.78 is 5.79. The van der Waals surface area contributed by atoms with Gasteiger partial charge < -0.3 is 20.3 Å². The number of hydrogen-bond donors (Lipinski definition) is 3. The van der Waals surface area contributed by atoms with E-state index in [-0.39, 0.29) is 18.6 Å². The van der Waals surface area contributed by atoms with E-state index >= 15 is 0 Å². The summed E-state index contributed by atoms with van der Waals surface area (Å²) in [6, 6.07) is 0.132. The standard InChI is InChI=1S/C22H42N6O3S/c1-19-17-28(27-6-2-3-20(27)18-29)22(25-9-13-31-14-10-25,26-11-15-32-16-12-26)21(19,30)24-7-4-23-5-8-24/h19-20,23,29-30H,2-18H2,1H3. The molecule has 0 bridgehead atoms. The first kappa shape index (κ1) is 23.7. The van der Waals surface area contributed by atoms with Gasteiger partial charge >= 0.3 is 0 Å². The lowest BCUT2D eigenvalue weighted by Gasteiger charge is -2.64. The summed E-state index contributed by atoms with van der Waals surface area (Å²) >= 11 is 2.02. The number of ether oxygens (including phenoxy) is 1. The van der Waals surface area contributed by atoms with Gasteiger partial charge in [-0.05, 0) is 12.8 Å². The third kappa shape index (κ3) is 3.66. The van der Waals surface area contributed by atoms with Crippen LogP contribution in [0.15, 0.2) is 0 Å². The number of nitrogens with zero attached hydrogens (tertiary/aromatic N) is 5. The van der Waals surface area contributed by atoms with Crippen LogP contribution in [0.1, 0.15) is 19.8 Å². The average Bonchev–Trinajstić information content (AvgIpc) is 3.42.